The van der Waals surface area contributed by atoms with Gasteiger partial charge < -0.3 is 14.8 Å². The average molecular weight is 489 g/mol. The Morgan fingerprint density at radius 3 is 2.06 bits per heavy atom. The number of piperidine rings is 1. The molecule has 33 heavy (non-hydrogen) atoms. The molecule has 1 amide bonds. The van der Waals surface area contributed by atoms with Crippen LogP contribution in [0.4, 0.5) is 0 Å². The molecular weight excluding hydrogens is 467 g/mol. The predicted molar refractivity (Wildman–Crippen MR) is 121 cm³/mol. The molecule has 0 radical (unpaired) electrons. The fourth-order valence-corrected chi connectivity index (χ4v) is 4.77. The number of carbonyl (C=O) groups excluding carboxylic acids is 3. The summed E-state index contributed by atoms with van der Waals surface area (Å²) in [6.07, 6.45) is 0. The van der Waals surface area contributed by atoms with Crippen LogP contribution in [0.3, 0.4) is 0 Å². The lowest BCUT2D eigenvalue weighted by atomic mass is 9.59. The van der Waals surface area contributed by atoms with E-state index in [-0.39, 0.29) is 28.8 Å². The van der Waals surface area contributed by atoms with Gasteiger partial charge in [-0.25, -0.2) is 0 Å². The first kappa shape index (κ1) is 24.6. The van der Waals surface area contributed by atoms with Crippen LogP contribution in [-0.4, -0.2) is 31.1 Å². The number of halogens is 2. The molecule has 0 aliphatic carbocycles. The molecule has 4 unspecified atom stereocenters. The van der Waals surface area contributed by atoms with Gasteiger partial charge in [0.05, 0.1) is 25.3 Å². The predicted octanol–water partition coefficient (Wildman–Crippen LogP) is 4.20. The monoisotopic (exact) mass is 488 g/mol. The average Bonchev–Trinajstić information content (AvgIpc) is 2.79. The first-order valence-corrected chi connectivity index (χ1v) is 11.1. The van der Waals surface area contributed by atoms with Gasteiger partial charge in [-0.05, 0) is 37.1 Å². The third-order valence-corrected chi connectivity index (χ3v) is 6.33. The number of hydrogen-bond acceptors (Lipinski definition) is 6. The van der Waals surface area contributed by atoms with E-state index in [4.69, 9.17) is 32.7 Å². The van der Waals surface area contributed by atoms with Crippen LogP contribution in [0.1, 0.15) is 36.9 Å². The van der Waals surface area contributed by atoms with Crippen molar-refractivity contribution in [2.24, 2.45) is 11.3 Å². The maximum Gasteiger partial charge on any atom is 0.329 e. The van der Waals surface area contributed by atoms with Crippen molar-refractivity contribution in [1.82, 2.24) is 5.32 Å². The summed E-state index contributed by atoms with van der Waals surface area (Å²) in [5, 5.41) is 13.7. The van der Waals surface area contributed by atoms with Gasteiger partial charge in [0.2, 0.25) is 5.91 Å². The zero-order chi connectivity index (χ0) is 24.2. The molecule has 1 N–H and O–H groups in total. The maximum absolute atomic E-state index is 13.5. The second-order valence-corrected chi connectivity index (χ2v) is 8.21. The SMILES string of the molecule is CCOC(=O)C1C(=O)NC(c2ccccc2Cl)C(C#N)(C(=O)OCC)C1c1ccccc1Cl. The quantitative estimate of drug-likeness (QED) is 0.482. The summed E-state index contributed by atoms with van der Waals surface area (Å²) in [5.74, 6) is -5.31. The molecule has 7 nitrogen and oxygen atoms in total. The maximum atomic E-state index is 13.5. The van der Waals surface area contributed by atoms with E-state index in [1.807, 2.05) is 0 Å². The van der Waals surface area contributed by atoms with Gasteiger partial charge in [0.25, 0.3) is 0 Å². The molecule has 1 aliphatic heterocycles. The summed E-state index contributed by atoms with van der Waals surface area (Å²) in [6, 6.07) is 13.9. The van der Waals surface area contributed by atoms with Gasteiger partial charge in [-0.15, -0.1) is 0 Å². The van der Waals surface area contributed by atoms with Gasteiger partial charge in [-0.3, -0.25) is 14.4 Å². The van der Waals surface area contributed by atoms with Gasteiger partial charge in [0.1, 0.15) is 5.92 Å². The number of amides is 1. The molecule has 1 fully saturated rings. The van der Waals surface area contributed by atoms with Crippen molar-refractivity contribution in [1.29, 1.82) is 5.26 Å². The fraction of sp³-hybridized carbons (Fsp3) is 0.333. The fourth-order valence-electron chi connectivity index (χ4n) is 4.27. The van der Waals surface area contributed by atoms with Gasteiger partial charge in [0.15, 0.2) is 5.41 Å². The molecule has 0 aromatic heterocycles. The van der Waals surface area contributed by atoms with Crippen molar-refractivity contribution in [2.45, 2.75) is 25.8 Å². The first-order chi connectivity index (χ1) is 15.8. The van der Waals surface area contributed by atoms with Crippen LogP contribution < -0.4 is 5.32 Å². The molecule has 3 rings (SSSR count). The van der Waals surface area contributed by atoms with E-state index in [9.17, 15) is 19.6 Å². The minimum absolute atomic E-state index is 0.00472. The summed E-state index contributed by atoms with van der Waals surface area (Å²) in [5.41, 5.74) is -1.46. The van der Waals surface area contributed by atoms with Gasteiger partial charge in [0, 0.05) is 16.0 Å². The summed E-state index contributed by atoms with van der Waals surface area (Å²) in [4.78, 5) is 39.8. The molecule has 4 atom stereocenters. The Balaban J connectivity index is 2.38. The Labute approximate surface area is 201 Å². The van der Waals surface area contributed by atoms with Gasteiger partial charge in [-0.2, -0.15) is 5.26 Å². The van der Waals surface area contributed by atoms with E-state index in [0.29, 0.717) is 5.56 Å². The number of nitrogens with zero attached hydrogens (tertiary/aromatic N) is 1. The Morgan fingerprint density at radius 2 is 1.55 bits per heavy atom. The highest BCUT2D eigenvalue weighted by molar-refractivity contribution is 6.32. The van der Waals surface area contributed by atoms with E-state index in [1.54, 1.807) is 62.4 Å². The molecule has 2 aromatic carbocycles. The van der Waals surface area contributed by atoms with Crippen LogP contribution in [0.15, 0.2) is 48.5 Å². The van der Waals surface area contributed by atoms with Crippen molar-refractivity contribution in [3.63, 3.8) is 0 Å². The lowest BCUT2D eigenvalue weighted by Gasteiger charge is -2.46. The second-order valence-electron chi connectivity index (χ2n) is 7.39. The minimum Gasteiger partial charge on any atom is -0.465 e. The number of benzene rings is 2. The topological polar surface area (TPSA) is 105 Å². The van der Waals surface area contributed by atoms with Gasteiger partial charge in [-0.1, -0.05) is 59.6 Å². The molecule has 2 aromatic rings. The molecule has 1 heterocycles. The highest BCUT2D eigenvalue weighted by atomic mass is 35.5. The highest BCUT2D eigenvalue weighted by Gasteiger charge is 2.64. The number of rotatable bonds is 6. The van der Waals surface area contributed by atoms with Crippen molar-refractivity contribution < 1.29 is 23.9 Å². The van der Waals surface area contributed by atoms with Gasteiger partial charge >= 0.3 is 11.9 Å². The Hall–Kier alpha value is -3.08. The van der Waals surface area contributed by atoms with E-state index < -0.39 is 41.1 Å². The third kappa shape index (κ3) is 4.29. The molecule has 1 aliphatic rings. The second kappa shape index (κ2) is 10.2. The molecule has 1 saturated heterocycles. The molecular formula is C24H22Cl2N2O5. The first-order valence-electron chi connectivity index (χ1n) is 10.4. The van der Waals surface area contributed by atoms with E-state index in [1.165, 1.54) is 0 Å². The van der Waals surface area contributed by atoms with Crippen LogP contribution in [0.5, 0.6) is 0 Å². The standard InChI is InChI=1S/C24H22Cl2N2O5/c1-3-32-22(30)18-19(14-9-5-7-11-16(14)25)24(13-27,23(31)33-4-2)20(28-21(18)29)15-10-6-8-12-17(15)26/h5-12,18-20H,3-4H2,1-2H3,(H,28,29). The normalized spacial score (nSPS) is 24.3. The smallest absolute Gasteiger partial charge is 0.329 e. The van der Waals surface area contributed by atoms with Crippen molar-refractivity contribution in [3.8, 4) is 6.07 Å². The molecule has 0 bridgehead atoms. The Kier molecular flexibility index (Phi) is 7.62. The van der Waals surface area contributed by atoms with Crippen LogP contribution in [0.2, 0.25) is 10.0 Å². The zero-order valence-corrected chi connectivity index (χ0v) is 19.5. The largest absolute Gasteiger partial charge is 0.465 e. The summed E-state index contributed by atoms with van der Waals surface area (Å²) in [6.45, 7) is 3.18. The van der Waals surface area contributed by atoms with Crippen LogP contribution in [0, 0.1) is 22.7 Å². The summed E-state index contributed by atoms with van der Waals surface area (Å²) >= 11 is 12.9. The van der Waals surface area contributed by atoms with E-state index in [0.717, 1.165) is 0 Å². The molecule has 9 heteroatoms. The number of nitriles is 1. The Morgan fingerprint density at radius 1 is 1.00 bits per heavy atom. The zero-order valence-electron chi connectivity index (χ0n) is 18.0. The van der Waals surface area contributed by atoms with Crippen LogP contribution in [0.25, 0.3) is 0 Å². The van der Waals surface area contributed by atoms with Crippen LogP contribution >= 0.6 is 23.2 Å². The number of carbonyl (C=O) groups is 3. The van der Waals surface area contributed by atoms with E-state index in [2.05, 4.69) is 11.4 Å². The van der Waals surface area contributed by atoms with E-state index >= 15 is 0 Å². The number of ether oxygens (including phenoxy) is 2. The van der Waals surface area contributed by atoms with Crippen molar-refractivity contribution in [2.75, 3.05) is 13.2 Å². The van der Waals surface area contributed by atoms with Crippen molar-refractivity contribution >= 4 is 41.0 Å². The Bertz CT molecular complexity index is 1120. The molecule has 0 saturated carbocycles. The molecule has 0 spiro atoms. The third-order valence-electron chi connectivity index (χ3n) is 5.64. The lowest BCUT2D eigenvalue weighted by molar-refractivity contribution is -0.166. The van der Waals surface area contributed by atoms with Crippen LogP contribution in [-0.2, 0) is 23.9 Å². The number of nitrogens with one attached hydrogen (secondary N) is 1. The summed E-state index contributed by atoms with van der Waals surface area (Å²) in [7, 11) is 0. The number of hydrogen-bond donors (Lipinski definition) is 1. The highest BCUT2D eigenvalue weighted by Crippen LogP contribution is 2.55. The summed E-state index contributed by atoms with van der Waals surface area (Å²) < 4.78 is 10.5. The minimum atomic E-state index is -2.07. The molecule has 172 valence electrons. The lowest BCUT2D eigenvalue weighted by Crippen LogP contribution is -2.60. The van der Waals surface area contributed by atoms with Crippen molar-refractivity contribution in [3.05, 3.63) is 69.7 Å². The number of esters is 2.